The van der Waals surface area contributed by atoms with Crippen LogP contribution < -0.4 is 4.90 Å². The predicted molar refractivity (Wildman–Crippen MR) is 81.2 cm³/mol. The molecule has 3 rings (SSSR count). The number of rotatable bonds is 3. The third kappa shape index (κ3) is 2.50. The van der Waals surface area contributed by atoms with E-state index in [0.717, 1.165) is 14.4 Å². The number of anilines is 1. The van der Waals surface area contributed by atoms with Crippen molar-refractivity contribution in [2.75, 3.05) is 11.4 Å². The largest absolute Gasteiger partial charge is 0.481 e. The normalized spacial score (nSPS) is 18.8. The van der Waals surface area contributed by atoms with Crippen LogP contribution in [0, 0.1) is 5.92 Å². The Balaban J connectivity index is 1.84. The molecule has 1 fully saturated rings. The van der Waals surface area contributed by atoms with E-state index in [2.05, 4.69) is 20.9 Å². The maximum Gasteiger partial charge on any atom is 0.308 e. The van der Waals surface area contributed by atoms with Crippen LogP contribution in [0.4, 0.5) is 5.13 Å². The Morgan fingerprint density at radius 3 is 2.90 bits per heavy atom. The van der Waals surface area contributed by atoms with Crippen LogP contribution in [-0.4, -0.2) is 28.5 Å². The predicted octanol–water partition coefficient (Wildman–Crippen LogP) is 3.07. The average Bonchev–Trinajstić information content (AvgIpc) is 3.07. The minimum Gasteiger partial charge on any atom is -0.481 e. The van der Waals surface area contributed by atoms with Crippen molar-refractivity contribution < 1.29 is 14.7 Å². The molecule has 2 aromatic heterocycles. The molecule has 5 nitrogen and oxygen atoms in total. The summed E-state index contributed by atoms with van der Waals surface area (Å²) in [5.74, 6) is -1.74. The molecule has 1 saturated heterocycles. The molecular weight excluding hydrogens is 364 g/mol. The van der Waals surface area contributed by atoms with Gasteiger partial charge in [-0.25, -0.2) is 4.98 Å². The van der Waals surface area contributed by atoms with Gasteiger partial charge in [0, 0.05) is 18.3 Å². The highest BCUT2D eigenvalue weighted by Crippen LogP contribution is 2.35. The van der Waals surface area contributed by atoms with Gasteiger partial charge in [-0.05, 0) is 28.1 Å². The Labute approximate surface area is 131 Å². The fraction of sp³-hybridized carbons (Fsp3) is 0.250. The summed E-state index contributed by atoms with van der Waals surface area (Å²) in [4.78, 5) is 29.7. The lowest BCUT2D eigenvalue weighted by atomic mass is 10.1. The molecule has 0 aliphatic carbocycles. The molecule has 104 valence electrons. The molecule has 20 heavy (non-hydrogen) atoms. The van der Waals surface area contributed by atoms with Crippen LogP contribution in [0.25, 0.3) is 10.6 Å². The second-order valence-electron chi connectivity index (χ2n) is 4.36. The van der Waals surface area contributed by atoms with Crippen LogP contribution in [-0.2, 0) is 9.59 Å². The lowest BCUT2D eigenvalue weighted by Gasteiger charge is -2.11. The number of hydrogen-bond donors (Lipinski definition) is 1. The molecule has 2 aromatic rings. The maximum absolute atomic E-state index is 11.9. The SMILES string of the molecule is O=C(O)C1CC(=O)N(c2nc(-c3ccc(Br)s3)cs2)C1. The van der Waals surface area contributed by atoms with Gasteiger partial charge in [0.05, 0.1) is 20.3 Å². The van der Waals surface area contributed by atoms with E-state index in [1.165, 1.54) is 16.2 Å². The number of amides is 1. The second kappa shape index (κ2) is 5.27. The van der Waals surface area contributed by atoms with Crippen LogP contribution in [0.5, 0.6) is 0 Å². The Bertz CT molecular complexity index is 682. The number of carboxylic acid groups (broad SMARTS) is 1. The first kappa shape index (κ1) is 13.7. The highest BCUT2D eigenvalue weighted by molar-refractivity contribution is 9.11. The number of nitrogens with zero attached hydrogens (tertiary/aromatic N) is 2. The van der Waals surface area contributed by atoms with Crippen molar-refractivity contribution >= 4 is 55.6 Å². The van der Waals surface area contributed by atoms with Gasteiger partial charge in [0.1, 0.15) is 0 Å². The van der Waals surface area contributed by atoms with E-state index in [-0.39, 0.29) is 18.9 Å². The summed E-state index contributed by atoms with van der Waals surface area (Å²) in [6.07, 6.45) is 0.0504. The summed E-state index contributed by atoms with van der Waals surface area (Å²) < 4.78 is 1.02. The molecule has 1 unspecified atom stereocenters. The van der Waals surface area contributed by atoms with Gasteiger partial charge in [0.15, 0.2) is 5.13 Å². The van der Waals surface area contributed by atoms with Crippen molar-refractivity contribution in [3.63, 3.8) is 0 Å². The van der Waals surface area contributed by atoms with Crippen LogP contribution in [0.3, 0.4) is 0 Å². The number of carbonyl (C=O) groups excluding carboxylic acids is 1. The summed E-state index contributed by atoms with van der Waals surface area (Å²) in [5, 5.41) is 11.4. The van der Waals surface area contributed by atoms with E-state index in [9.17, 15) is 9.59 Å². The van der Waals surface area contributed by atoms with Crippen molar-refractivity contribution in [1.82, 2.24) is 4.98 Å². The molecule has 1 aliphatic rings. The van der Waals surface area contributed by atoms with E-state index in [1.54, 1.807) is 11.3 Å². The number of aliphatic carboxylic acids is 1. The van der Waals surface area contributed by atoms with Crippen LogP contribution in [0.2, 0.25) is 0 Å². The molecule has 0 spiro atoms. The zero-order valence-electron chi connectivity index (χ0n) is 10.1. The Morgan fingerprint density at radius 2 is 2.30 bits per heavy atom. The van der Waals surface area contributed by atoms with Crippen LogP contribution >= 0.6 is 38.6 Å². The second-order valence-corrected chi connectivity index (χ2v) is 7.66. The molecule has 0 aromatic carbocycles. The van der Waals surface area contributed by atoms with Gasteiger partial charge in [-0.1, -0.05) is 0 Å². The summed E-state index contributed by atoms with van der Waals surface area (Å²) >= 11 is 6.33. The highest BCUT2D eigenvalue weighted by Gasteiger charge is 2.36. The van der Waals surface area contributed by atoms with Crippen molar-refractivity contribution in [2.24, 2.45) is 5.92 Å². The van der Waals surface area contributed by atoms with Gasteiger partial charge in [-0.15, -0.1) is 22.7 Å². The average molecular weight is 373 g/mol. The standard InChI is InChI=1S/C12H9BrN2O3S2/c13-9-2-1-8(20-9)7-5-19-12(14-7)15-4-6(11(17)18)3-10(15)16/h1-2,5-6H,3-4H2,(H,17,18). The number of aromatic nitrogens is 1. The summed E-state index contributed by atoms with van der Waals surface area (Å²) in [6.45, 7) is 0.204. The molecule has 0 saturated carbocycles. The first-order chi connectivity index (χ1) is 9.54. The van der Waals surface area contributed by atoms with Crippen molar-refractivity contribution in [1.29, 1.82) is 0 Å². The number of carbonyl (C=O) groups is 2. The number of thiazole rings is 1. The Hall–Kier alpha value is -1.25. The zero-order valence-corrected chi connectivity index (χ0v) is 13.3. The summed E-state index contributed by atoms with van der Waals surface area (Å²) in [7, 11) is 0. The summed E-state index contributed by atoms with van der Waals surface area (Å²) in [5.41, 5.74) is 0.812. The van der Waals surface area contributed by atoms with E-state index >= 15 is 0 Å². The molecule has 1 N–H and O–H groups in total. The number of carboxylic acids is 1. The van der Waals surface area contributed by atoms with Gasteiger partial charge in [0.2, 0.25) is 5.91 Å². The van der Waals surface area contributed by atoms with E-state index in [1.807, 2.05) is 17.5 Å². The van der Waals surface area contributed by atoms with Gasteiger partial charge in [0.25, 0.3) is 0 Å². The minimum absolute atomic E-state index is 0.0504. The first-order valence-electron chi connectivity index (χ1n) is 5.79. The van der Waals surface area contributed by atoms with E-state index in [0.29, 0.717) is 5.13 Å². The van der Waals surface area contributed by atoms with Crippen molar-refractivity contribution in [3.8, 4) is 10.6 Å². The molecular formula is C12H9BrN2O3S2. The molecule has 0 bridgehead atoms. The van der Waals surface area contributed by atoms with Gasteiger partial charge < -0.3 is 5.11 Å². The molecule has 0 radical (unpaired) electrons. The number of halogens is 1. The smallest absolute Gasteiger partial charge is 0.308 e. The molecule has 1 atom stereocenters. The maximum atomic E-state index is 11.9. The van der Waals surface area contributed by atoms with Gasteiger partial charge in [-0.3, -0.25) is 14.5 Å². The van der Waals surface area contributed by atoms with Crippen LogP contribution in [0.15, 0.2) is 21.3 Å². The van der Waals surface area contributed by atoms with Crippen molar-refractivity contribution in [3.05, 3.63) is 21.3 Å². The van der Waals surface area contributed by atoms with Crippen LogP contribution in [0.1, 0.15) is 6.42 Å². The fourth-order valence-corrected chi connectivity index (χ4v) is 4.28. The monoisotopic (exact) mass is 372 g/mol. The third-order valence-corrected chi connectivity index (χ3v) is 5.53. The molecule has 3 heterocycles. The minimum atomic E-state index is -0.931. The summed E-state index contributed by atoms with van der Waals surface area (Å²) in [6, 6.07) is 3.90. The molecule has 8 heteroatoms. The van der Waals surface area contributed by atoms with Gasteiger partial charge in [-0.2, -0.15) is 0 Å². The number of thiophene rings is 1. The Kier molecular flexibility index (Phi) is 3.61. The molecule has 1 aliphatic heterocycles. The topological polar surface area (TPSA) is 70.5 Å². The number of hydrogen-bond acceptors (Lipinski definition) is 5. The van der Waals surface area contributed by atoms with Crippen molar-refractivity contribution in [2.45, 2.75) is 6.42 Å². The fourth-order valence-electron chi connectivity index (χ4n) is 2.01. The lowest BCUT2D eigenvalue weighted by Crippen LogP contribution is -2.25. The highest BCUT2D eigenvalue weighted by atomic mass is 79.9. The quantitative estimate of drug-likeness (QED) is 0.898. The third-order valence-electron chi connectivity index (χ3n) is 3.02. The van der Waals surface area contributed by atoms with E-state index < -0.39 is 11.9 Å². The lowest BCUT2D eigenvalue weighted by molar-refractivity contribution is -0.141. The van der Waals surface area contributed by atoms with Gasteiger partial charge >= 0.3 is 5.97 Å². The van der Waals surface area contributed by atoms with E-state index in [4.69, 9.17) is 5.11 Å². The first-order valence-corrected chi connectivity index (χ1v) is 8.28. The zero-order chi connectivity index (χ0) is 14.3. The molecule has 1 amide bonds. The Morgan fingerprint density at radius 1 is 1.50 bits per heavy atom.